The molecule has 1 saturated carbocycles. The number of amides is 1. The second kappa shape index (κ2) is 8.97. The Morgan fingerprint density at radius 3 is 2.50 bits per heavy atom. The van der Waals surface area contributed by atoms with Crippen LogP contribution in [0.2, 0.25) is 0 Å². The van der Waals surface area contributed by atoms with Crippen LogP contribution in [0.3, 0.4) is 0 Å². The first kappa shape index (κ1) is 19.9. The van der Waals surface area contributed by atoms with E-state index in [1.54, 1.807) is 30.6 Å². The van der Waals surface area contributed by atoms with Gasteiger partial charge in [-0.3, -0.25) is 9.78 Å². The van der Waals surface area contributed by atoms with E-state index >= 15 is 0 Å². The molecule has 1 amide bonds. The lowest BCUT2D eigenvalue weighted by Crippen LogP contribution is -2.29. The van der Waals surface area contributed by atoms with Crippen LogP contribution in [0.15, 0.2) is 67.0 Å². The number of aliphatic hydroxyl groups excluding tert-OH is 1. The van der Waals surface area contributed by atoms with Gasteiger partial charge in [0.05, 0.1) is 11.7 Å². The third-order valence-electron chi connectivity index (χ3n) is 5.42. The highest BCUT2D eigenvalue weighted by atomic mass is 16.5. The van der Waals surface area contributed by atoms with E-state index in [1.165, 1.54) is 0 Å². The van der Waals surface area contributed by atoms with Gasteiger partial charge in [0.25, 0.3) is 5.91 Å². The molecule has 4 rings (SSSR count). The number of carbonyl (C=O) groups is 1. The lowest BCUT2D eigenvalue weighted by Gasteiger charge is -2.28. The van der Waals surface area contributed by atoms with E-state index in [4.69, 9.17) is 10.5 Å². The van der Waals surface area contributed by atoms with Gasteiger partial charge in [-0.2, -0.15) is 0 Å². The molecule has 0 aliphatic heterocycles. The number of rotatable bonds is 6. The van der Waals surface area contributed by atoms with Crippen molar-refractivity contribution in [3.05, 3.63) is 72.6 Å². The molecule has 6 nitrogen and oxygen atoms in total. The van der Waals surface area contributed by atoms with Crippen molar-refractivity contribution in [3.8, 4) is 22.6 Å². The van der Waals surface area contributed by atoms with E-state index in [-0.39, 0.29) is 12.1 Å². The van der Waals surface area contributed by atoms with Gasteiger partial charge in [0.1, 0.15) is 11.5 Å². The lowest BCUT2D eigenvalue weighted by molar-refractivity contribution is 0.100. The van der Waals surface area contributed by atoms with Crippen LogP contribution in [-0.4, -0.2) is 28.1 Å². The SMILES string of the molecule is NC(=O)c1ccc(-c2ccccc2Oc2ccncc2)cc1NC1CCC(O)CC1. The molecule has 0 unspecified atom stereocenters. The predicted molar refractivity (Wildman–Crippen MR) is 117 cm³/mol. The summed E-state index contributed by atoms with van der Waals surface area (Å²) in [4.78, 5) is 16.0. The van der Waals surface area contributed by atoms with Gasteiger partial charge in [0.15, 0.2) is 0 Å². The number of nitrogens with two attached hydrogens (primary N) is 1. The highest BCUT2D eigenvalue weighted by Gasteiger charge is 2.21. The molecule has 0 bridgehead atoms. The molecular formula is C24H25N3O3. The number of aliphatic hydroxyl groups is 1. The second-order valence-corrected chi connectivity index (χ2v) is 7.56. The van der Waals surface area contributed by atoms with Crippen LogP contribution in [0.5, 0.6) is 11.5 Å². The largest absolute Gasteiger partial charge is 0.457 e. The zero-order valence-electron chi connectivity index (χ0n) is 16.6. The van der Waals surface area contributed by atoms with Gasteiger partial charge >= 0.3 is 0 Å². The van der Waals surface area contributed by atoms with Gasteiger partial charge in [-0.15, -0.1) is 0 Å². The van der Waals surface area contributed by atoms with Crippen molar-refractivity contribution in [1.82, 2.24) is 4.98 Å². The molecule has 2 aromatic carbocycles. The average molecular weight is 403 g/mol. The number of para-hydroxylation sites is 1. The Bertz CT molecular complexity index is 1020. The lowest BCUT2D eigenvalue weighted by atomic mass is 9.92. The minimum absolute atomic E-state index is 0.199. The third-order valence-corrected chi connectivity index (χ3v) is 5.42. The fraction of sp³-hybridized carbons (Fsp3) is 0.250. The number of anilines is 1. The molecule has 1 aliphatic rings. The maximum Gasteiger partial charge on any atom is 0.250 e. The number of primary amides is 1. The maximum atomic E-state index is 12.0. The summed E-state index contributed by atoms with van der Waals surface area (Å²) in [6, 6.07) is 17.1. The fourth-order valence-corrected chi connectivity index (χ4v) is 3.81. The molecule has 0 spiro atoms. The molecule has 0 saturated heterocycles. The van der Waals surface area contributed by atoms with Gasteiger partial charge in [0.2, 0.25) is 0 Å². The Kier molecular flexibility index (Phi) is 5.95. The van der Waals surface area contributed by atoms with Crippen LogP contribution >= 0.6 is 0 Å². The van der Waals surface area contributed by atoms with Crippen LogP contribution in [0.25, 0.3) is 11.1 Å². The minimum Gasteiger partial charge on any atom is -0.457 e. The summed E-state index contributed by atoms with van der Waals surface area (Å²) in [6.45, 7) is 0. The molecule has 0 atom stereocenters. The minimum atomic E-state index is -0.471. The van der Waals surface area contributed by atoms with Gasteiger partial charge in [-0.25, -0.2) is 0 Å². The van der Waals surface area contributed by atoms with Crippen LogP contribution in [-0.2, 0) is 0 Å². The van der Waals surface area contributed by atoms with E-state index in [0.29, 0.717) is 22.7 Å². The summed E-state index contributed by atoms with van der Waals surface area (Å²) in [5.41, 5.74) is 8.61. The molecule has 0 radical (unpaired) electrons. The van der Waals surface area contributed by atoms with Crippen molar-refractivity contribution >= 4 is 11.6 Å². The maximum absolute atomic E-state index is 12.0. The number of ether oxygens (including phenoxy) is 1. The molecule has 4 N–H and O–H groups in total. The van der Waals surface area contributed by atoms with Crippen LogP contribution < -0.4 is 15.8 Å². The van der Waals surface area contributed by atoms with Crippen molar-refractivity contribution in [2.45, 2.75) is 37.8 Å². The van der Waals surface area contributed by atoms with E-state index in [0.717, 1.165) is 36.8 Å². The smallest absolute Gasteiger partial charge is 0.250 e. The second-order valence-electron chi connectivity index (χ2n) is 7.56. The average Bonchev–Trinajstić information content (AvgIpc) is 2.76. The molecule has 1 aromatic heterocycles. The summed E-state index contributed by atoms with van der Waals surface area (Å²) in [7, 11) is 0. The highest BCUT2D eigenvalue weighted by Crippen LogP contribution is 2.35. The Morgan fingerprint density at radius 1 is 1.03 bits per heavy atom. The summed E-state index contributed by atoms with van der Waals surface area (Å²) in [5, 5.41) is 13.2. The monoisotopic (exact) mass is 403 g/mol. The van der Waals surface area contributed by atoms with E-state index in [2.05, 4.69) is 10.3 Å². The normalized spacial score (nSPS) is 18.6. The number of benzene rings is 2. The highest BCUT2D eigenvalue weighted by molar-refractivity contribution is 5.99. The van der Waals surface area contributed by atoms with Crippen molar-refractivity contribution in [2.75, 3.05) is 5.32 Å². The first-order valence-electron chi connectivity index (χ1n) is 10.2. The first-order valence-corrected chi connectivity index (χ1v) is 10.2. The third kappa shape index (κ3) is 4.60. The molecule has 30 heavy (non-hydrogen) atoms. The van der Waals surface area contributed by atoms with Crippen molar-refractivity contribution in [2.24, 2.45) is 5.73 Å². The fourth-order valence-electron chi connectivity index (χ4n) is 3.81. The van der Waals surface area contributed by atoms with Gasteiger partial charge < -0.3 is 20.9 Å². The molecule has 154 valence electrons. The van der Waals surface area contributed by atoms with Gasteiger partial charge in [-0.1, -0.05) is 24.3 Å². The quantitative estimate of drug-likeness (QED) is 0.568. The Morgan fingerprint density at radius 2 is 1.77 bits per heavy atom. The molecular weight excluding hydrogens is 378 g/mol. The van der Waals surface area contributed by atoms with Crippen LogP contribution in [0.1, 0.15) is 36.0 Å². The summed E-state index contributed by atoms with van der Waals surface area (Å²) in [5.74, 6) is 0.939. The molecule has 3 aromatic rings. The Hall–Kier alpha value is -3.38. The van der Waals surface area contributed by atoms with E-state index in [9.17, 15) is 9.90 Å². The summed E-state index contributed by atoms with van der Waals surface area (Å²) < 4.78 is 6.06. The van der Waals surface area contributed by atoms with Crippen LogP contribution in [0.4, 0.5) is 5.69 Å². The molecule has 6 heteroatoms. The molecule has 1 heterocycles. The summed E-state index contributed by atoms with van der Waals surface area (Å²) in [6.07, 6.45) is 6.35. The number of aromatic nitrogens is 1. The number of carbonyl (C=O) groups excluding carboxylic acids is 1. The van der Waals surface area contributed by atoms with E-state index < -0.39 is 5.91 Å². The standard InChI is InChI=1S/C24H25N3O3/c25-24(29)21-10-5-16(15-22(21)27-17-6-8-18(28)9-7-17)20-3-1-2-4-23(20)30-19-11-13-26-14-12-19/h1-5,10-15,17-18,27-28H,6-9H2,(H2,25,29). The van der Waals surface area contributed by atoms with Crippen LogP contribution in [0, 0.1) is 0 Å². The Balaban J connectivity index is 1.66. The number of pyridine rings is 1. The zero-order chi connectivity index (χ0) is 20.9. The van der Waals surface area contributed by atoms with Crippen molar-refractivity contribution < 1.29 is 14.6 Å². The number of nitrogens with one attached hydrogen (secondary N) is 1. The van der Waals surface area contributed by atoms with Crippen molar-refractivity contribution in [3.63, 3.8) is 0 Å². The van der Waals surface area contributed by atoms with Gasteiger partial charge in [0, 0.05) is 29.7 Å². The number of nitrogens with zero attached hydrogens (tertiary/aromatic N) is 1. The van der Waals surface area contributed by atoms with E-state index in [1.807, 2.05) is 36.4 Å². The van der Waals surface area contributed by atoms with Crippen molar-refractivity contribution in [1.29, 1.82) is 0 Å². The zero-order valence-corrected chi connectivity index (χ0v) is 16.6. The topological polar surface area (TPSA) is 97.5 Å². The molecule has 1 aliphatic carbocycles. The predicted octanol–water partition coefficient (Wildman–Crippen LogP) is 4.36. The number of hydrogen-bond donors (Lipinski definition) is 3. The van der Waals surface area contributed by atoms with Gasteiger partial charge in [-0.05, 0) is 61.6 Å². The summed E-state index contributed by atoms with van der Waals surface area (Å²) >= 11 is 0. The molecule has 1 fully saturated rings. The Labute approximate surface area is 175 Å². The number of hydrogen-bond acceptors (Lipinski definition) is 5. The first-order chi connectivity index (χ1) is 14.6.